The van der Waals surface area contributed by atoms with Crippen LogP contribution in [-0.4, -0.2) is 43.2 Å². The lowest BCUT2D eigenvalue weighted by Gasteiger charge is -2.16. The molecule has 1 aromatic rings. The first-order valence-electron chi connectivity index (χ1n) is 5.41. The van der Waals surface area contributed by atoms with Crippen LogP contribution in [0.25, 0.3) is 0 Å². The third-order valence-corrected chi connectivity index (χ3v) is 4.76. The van der Waals surface area contributed by atoms with E-state index in [2.05, 4.69) is 0 Å². The number of benzene rings is 1. The van der Waals surface area contributed by atoms with Gasteiger partial charge in [-0.1, -0.05) is 6.07 Å². The monoisotopic (exact) mass is 277 g/mol. The predicted octanol–water partition coefficient (Wildman–Crippen LogP) is 0.837. The van der Waals surface area contributed by atoms with Gasteiger partial charge >= 0.3 is 0 Å². The highest BCUT2D eigenvalue weighted by molar-refractivity contribution is 7.89. The molecule has 2 rings (SSSR count). The second kappa shape index (κ2) is 4.56. The van der Waals surface area contributed by atoms with Crippen LogP contribution >= 0.6 is 0 Å². The third kappa shape index (κ3) is 2.25. The Kier molecular flexibility index (Phi) is 3.39. The number of aliphatic hydroxyl groups excluding tert-OH is 1. The topological polar surface area (TPSA) is 57.6 Å². The molecule has 1 aliphatic rings. The molecule has 100 valence electrons. The van der Waals surface area contributed by atoms with E-state index in [4.69, 9.17) is 0 Å². The summed E-state index contributed by atoms with van der Waals surface area (Å²) in [5, 5.41) is 9.22. The Morgan fingerprint density at radius 3 is 2.56 bits per heavy atom. The second-order valence-electron chi connectivity index (χ2n) is 4.34. The summed E-state index contributed by atoms with van der Waals surface area (Å²) in [6.07, 6.45) is -2.98. The largest absolute Gasteiger partial charge is 0.389 e. The first kappa shape index (κ1) is 13.4. The van der Waals surface area contributed by atoms with Gasteiger partial charge in [0.15, 0.2) is 0 Å². The number of alkyl halides is 1. The van der Waals surface area contributed by atoms with Crippen molar-refractivity contribution in [1.29, 1.82) is 0 Å². The van der Waals surface area contributed by atoms with Gasteiger partial charge in [-0.15, -0.1) is 0 Å². The summed E-state index contributed by atoms with van der Waals surface area (Å²) in [4.78, 5) is -0.491. The van der Waals surface area contributed by atoms with Crippen molar-refractivity contribution < 1.29 is 22.3 Å². The van der Waals surface area contributed by atoms with E-state index in [-0.39, 0.29) is 6.54 Å². The van der Waals surface area contributed by atoms with Crippen LogP contribution < -0.4 is 0 Å². The molecule has 7 heteroatoms. The van der Waals surface area contributed by atoms with Gasteiger partial charge in [0.1, 0.15) is 23.0 Å². The van der Waals surface area contributed by atoms with Gasteiger partial charge in [-0.05, 0) is 24.6 Å². The van der Waals surface area contributed by atoms with Crippen LogP contribution in [-0.2, 0) is 10.0 Å². The zero-order valence-electron chi connectivity index (χ0n) is 9.68. The lowest BCUT2D eigenvalue weighted by atomic mass is 10.2. The lowest BCUT2D eigenvalue weighted by Crippen LogP contribution is -2.30. The van der Waals surface area contributed by atoms with Crippen molar-refractivity contribution in [2.75, 3.05) is 13.1 Å². The molecule has 1 aromatic carbocycles. The number of aryl methyl sites for hydroxylation is 1. The van der Waals surface area contributed by atoms with Crippen LogP contribution in [0.3, 0.4) is 0 Å². The van der Waals surface area contributed by atoms with E-state index < -0.39 is 39.6 Å². The van der Waals surface area contributed by atoms with Crippen molar-refractivity contribution in [2.24, 2.45) is 0 Å². The molecule has 4 nitrogen and oxygen atoms in total. The summed E-state index contributed by atoms with van der Waals surface area (Å²) in [6.45, 7) is 0.838. The van der Waals surface area contributed by atoms with Gasteiger partial charge in [0.2, 0.25) is 10.0 Å². The minimum atomic E-state index is -4.09. The Morgan fingerprint density at radius 1 is 1.39 bits per heavy atom. The van der Waals surface area contributed by atoms with E-state index in [9.17, 15) is 22.3 Å². The van der Waals surface area contributed by atoms with E-state index in [0.717, 1.165) is 16.4 Å². The summed E-state index contributed by atoms with van der Waals surface area (Å²) in [5.41, 5.74) is 0.594. The molecule has 1 aliphatic heterocycles. The fraction of sp³-hybridized carbons (Fsp3) is 0.455. The predicted molar refractivity (Wildman–Crippen MR) is 60.8 cm³/mol. The number of rotatable bonds is 2. The van der Waals surface area contributed by atoms with Gasteiger partial charge in [-0.2, -0.15) is 4.31 Å². The first-order valence-corrected chi connectivity index (χ1v) is 6.85. The molecule has 1 saturated heterocycles. The Bertz CT molecular complexity index is 551. The van der Waals surface area contributed by atoms with Gasteiger partial charge in [-0.25, -0.2) is 17.2 Å². The van der Waals surface area contributed by atoms with Crippen LogP contribution in [0, 0.1) is 12.7 Å². The molecule has 0 bridgehead atoms. The molecule has 0 amide bonds. The molecule has 1 heterocycles. The molecular formula is C11H13F2NO3S. The Hall–Kier alpha value is -1.05. The molecule has 0 radical (unpaired) electrons. The van der Waals surface area contributed by atoms with Gasteiger partial charge < -0.3 is 5.11 Å². The average Bonchev–Trinajstić information content (AvgIpc) is 2.59. The molecule has 0 unspecified atom stereocenters. The van der Waals surface area contributed by atoms with Gasteiger partial charge in [0.05, 0.1) is 0 Å². The van der Waals surface area contributed by atoms with Crippen molar-refractivity contribution in [3.63, 3.8) is 0 Å². The second-order valence-corrected chi connectivity index (χ2v) is 6.25. The maximum Gasteiger partial charge on any atom is 0.246 e. The summed E-state index contributed by atoms with van der Waals surface area (Å²) in [6, 6.07) is 3.72. The molecule has 2 atom stereocenters. The molecule has 0 aliphatic carbocycles. The number of halogens is 2. The minimum Gasteiger partial charge on any atom is -0.389 e. The summed E-state index contributed by atoms with van der Waals surface area (Å²) in [7, 11) is -4.09. The maximum atomic E-state index is 13.6. The third-order valence-electron chi connectivity index (χ3n) is 2.89. The molecule has 0 aromatic heterocycles. The fourth-order valence-electron chi connectivity index (χ4n) is 1.86. The van der Waals surface area contributed by atoms with Crippen molar-refractivity contribution in [2.45, 2.75) is 24.1 Å². The van der Waals surface area contributed by atoms with Crippen molar-refractivity contribution >= 4 is 10.0 Å². The zero-order chi connectivity index (χ0) is 13.5. The normalized spacial score (nSPS) is 25.6. The highest BCUT2D eigenvalue weighted by atomic mass is 32.2. The molecular weight excluding hydrogens is 264 g/mol. The van der Waals surface area contributed by atoms with E-state index in [0.29, 0.717) is 5.56 Å². The van der Waals surface area contributed by atoms with Crippen molar-refractivity contribution in [1.82, 2.24) is 4.31 Å². The molecule has 0 spiro atoms. The Balaban J connectivity index is 2.37. The van der Waals surface area contributed by atoms with Crippen LogP contribution in [0.4, 0.5) is 8.78 Å². The molecule has 1 N–H and O–H groups in total. The maximum absolute atomic E-state index is 13.6. The van der Waals surface area contributed by atoms with E-state index in [1.807, 2.05) is 0 Å². The van der Waals surface area contributed by atoms with Crippen LogP contribution in [0.15, 0.2) is 23.1 Å². The standard InChI is InChI=1S/C11H13F2NO3S/c1-7-2-3-11(8(12)4-7)18(16,17)14-5-9(13)10(15)6-14/h2-4,9-10,15H,5-6H2,1H3/t9-,10-/m1/s1. The van der Waals surface area contributed by atoms with Gasteiger partial charge in [0.25, 0.3) is 0 Å². The summed E-state index contributed by atoms with van der Waals surface area (Å²) < 4.78 is 51.7. The molecule has 18 heavy (non-hydrogen) atoms. The minimum absolute atomic E-state index is 0.350. The van der Waals surface area contributed by atoms with E-state index in [1.165, 1.54) is 6.07 Å². The zero-order valence-corrected chi connectivity index (χ0v) is 10.5. The lowest BCUT2D eigenvalue weighted by molar-refractivity contribution is 0.117. The van der Waals surface area contributed by atoms with Crippen LogP contribution in [0.1, 0.15) is 5.56 Å². The number of sulfonamides is 1. The molecule has 1 fully saturated rings. The Labute approximate surface area is 104 Å². The molecule has 0 saturated carbocycles. The number of hydrogen-bond acceptors (Lipinski definition) is 3. The van der Waals surface area contributed by atoms with E-state index in [1.54, 1.807) is 6.92 Å². The first-order chi connectivity index (χ1) is 8.32. The number of hydrogen-bond donors (Lipinski definition) is 1. The summed E-state index contributed by atoms with van der Waals surface area (Å²) in [5.74, 6) is -0.869. The highest BCUT2D eigenvalue weighted by Gasteiger charge is 2.39. The average molecular weight is 277 g/mol. The quantitative estimate of drug-likeness (QED) is 0.871. The highest BCUT2D eigenvalue weighted by Crippen LogP contribution is 2.25. The summed E-state index contributed by atoms with van der Waals surface area (Å²) >= 11 is 0. The van der Waals surface area contributed by atoms with Crippen LogP contribution in [0.5, 0.6) is 0 Å². The Morgan fingerprint density at radius 2 is 2.06 bits per heavy atom. The van der Waals surface area contributed by atoms with Gasteiger partial charge in [0, 0.05) is 13.1 Å². The van der Waals surface area contributed by atoms with E-state index >= 15 is 0 Å². The SMILES string of the molecule is Cc1ccc(S(=O)(=O)N2C[C@@H](O)[C@H](F)C2)c(F)c1. The van der Waals surface area contributed by atoms with Crippen molar-refractivity contribution in [3.8, 4) is 0 Å². The number of β-amino-alcohol motifs (C(OH)–C–C–N with tert-alkyl or cyclic N) is 1. The number of nitrogens with zero attached hydrogens (tertiary/aromatic N) is 1. The van der Waals surface area contributed by atoms with Gasteiger partial charge in [-0.3, -0.25) is 0 Å². The fourth-order valence-corrected chi connectivity index (χ4v) is 3.38. The smallest absolute Gasteiger partial charge is 0.246 e. The van der Waals surface area contributed by atoms with Crippen LogP contribution in [0.2, 0.25) is 0 Å². The van der Waals surface area contributed by atoms with Crippen molar-refractivity contribution in [3.05, 3.63) is 29.6 Å². The number of aliphatic hydroxyl groups is 1.